The van der Waals surface area contributed by atoms with Gasteiger partial charge in [0.05, 0.1) is 6.61 Å². The van der Waals surface area contributed by atoms with Crippen molar-refractivity contribution in [2.45, 2.75) is 38.8 Å². The van der Waals surface area contributed by atoms with Crippen LogP contribution in [0.3, 0.4) is 0 Å². The highest BCUT2D eigenvalue weighted by Crippen LogP contribution is 2.23. The third kappa shape index (κ3) is 8.21. The molecule has 1 saturated heterocycles. The Hall–Kier alpha value is -1.08. The van der Waals surface area contributed by atoms with Crippen molar-refractivity contribution in [3.63, 3.8) is 0 Å². The number of nitrogens with one attached hydrogen (secondary N) is 1. The normalized spacial score (nSPS) is 19.1. The average Bonchev–Trinajstić information content (AvgIpc) is 2.95. The maximum atomic E-state index is 12.0. The second-order valence-electron chi connectivity index (χ2n) is 7.08. The van der Waals surface area contributed by atoms with Crippen LogP contribution in [-0.4, -0.2) is 62.7 Å². The Morgan fingerprint density at radius 2 is 2.07 bits per heavy atom. The van der Waals surface area contributed by atoms with Gasteiger partial charge in [0, 0.05) is 59.5 Å². The minimum atomic E-state index is 0. The van der Waals surface area contributed by atoms with Crippen molar-refractivity contribution in [3.05, 3.63) is 23.9 Å². The summed E-state index contributed by atoms with van der Waals surface area (Å²) < 4.78 is 5.00. The maximum Gasteiger partial charge on any atom is 0.222 e. The Morgan fingerprint density at radius 3 is 2.63 bits per heavy atom. The minimum Gasteiger partial charge on any atom is -0.384 e. The average molecular weight is 421 g/mol. The van der Waals surface area contributed by atoms with E-state index in [1.54, 1.807) is 7.11 Å². The number of anilines is 1. The van der Waals surface area contributed by atoms with Crippen LogP contribution in [0.4, 0.5) is 5.82 Å². The van der Waals surface area contributed by atoms with Crippen LogP contribution < -0.4 is 10.2 Å². The molecule has 1 aromatic heterocycles. The number of hydrogen-bond donors (Lipinski definition) is 1. The van der Waals surface area contributed by atoms with Gasteiger partial charge in [-0.25, -0.2) is 4.98 Å². The molecule has 2 rings (SSSR count). The lowest BCUT2D eigenvalue weighted by atomic mass is 9.98. The predicted molar refractivity (Wildman–Crippen MR) is 115 cm³/mol. The van der Waals surface area contributed by atoms with Crippen LogP contribution in [0.5, 0.6) is 0 Å². The fourth-order valence-corrected chi connectivity index (χ4v) is 3.42. The lowest BCUT2D eigenvalue weighted by molar-refractivity contribution is -0.122. The highest BCUT2D eigenvalue weighted by atomic mass is 35.5. The molecule has 1 N–H and O–H groups in total. The number of amides is 1. The fourth-order valence-electron chi connectivity index (χ4n) is 3.42. The van der Waals surface area contributed by atoms with Crippen molar-refractivity contribution in [3.8, 4) is 0 Å². The van der Waals surface area contributed by atoms with Gasteiger partial charge in [0.2, 0.25) is 5.91 Å². The van der Waals surface area contributed by atoms with E-state index in [-0.39, 0.29) is 36.8 Å². The summed E-state index contributed by atoms with van der Waals surface area (Å²) in [6.45, 7) is 5.49. The Morgan fingerprint density at radius 1 is 1.33 bits per heavy atom. The number of likely N-dealkylation sites (tertiary alicyclic amines) is 1. The molecule has 1 fully saturated rings. The number of pyridine rings is 1. The number of hydrogen-bond acceptors (Lipinski definition) is 5. The first-order valence-corrected chi connectivity index (χ1v) is 9.16. The highest BCUT2D eigenvalue weighted by molar-refractivity contribution is 5.85. The van der Waals surface area contributed by atoms with Crippen molar-refractivity contribution >= 4 is 36.5 Å². The van der Waals surface area contributed by atoms with Crippen molar-refractivity contribution in [2.75, 3.05) is 45.8 Å². The standard InChI is InChI=1S/C19H32N4O2.2ClH/c1-5-6-16-13-23(14-17(16)21-19(24)9-10-25-4)12-15-7-8-18(20-11-15)22(2)3;;/h7-8,11,16-17H,5-6,9-10,12-14H2,1-4H3,(H,21,24);2*1H/t16-,17-;;/m0../s1. The lowest BCUT2D eigenvalue weighted by Crippen LogP contribution is -2.40. The summed E-state index contributed by atoms with van der Waals surface area (Å²) in [6, 6.07) is 4.43. The third-order valence-electron chi connectivity index (χ3n) is 4.73. The van der Waals surface area contributed by atoms with Gasteiger partial charge >= 0.3 is 0 Å². The highest BCUT2D eigenvalue weighted by Gasteiger charge is 2.32. The van der Waals surface area contributed by atoms with E-state index in [9.17, 15) is 4.79 Å². The van der Waals surface area contributed by atoms with Crippen LogP contribution in [0.2, 0.25) is 0 Å². The number of carbonyl (C=O) groups is 1. The Balaban J connectivity index is 0.00000338. The molecule has 2 heterocycles. The molecular formula is C19H34Cl2N4O2. The van der Waals surface area contributed by atoms with Crippen LogP contribution in [0.1, 0.15) is 31.7 Å². The van der Waals surface area contributed by atoms with Crippen LogP contribution in [0.15, 0.2) is 18.3 Å². The summed E-state index contributed by atoms with van der Waals surface area (Å²) in [5.74, 6) is 1.58. The number of halogens is 2. The molecule has 0 unspecified atom stereocenters. The van der Waals surface area contributed by atoms with E-state index >= 15 is 0 Å². The number of methoxy groups -OCH3 is 1. The van der Waals surface area contributed by atoms with E-state index < -0.39 is 0 Å². The number of rotatable bonds is 9. The van der Waals surface area contributed by atoms with Gasteiger partial charge in [-0.1, -0.05) is 19.4 Å². The molecule has 1 aliphatic rings. The van der Waals surface area contributed by atoms with E-state index in [0.717, 1.165) is 38.3 Å². The second-order valence-corrected chi connectivity index (χ2v) is 7.08. The molecule has 2 atom stereocenters. The van der Waals surface area contributed by atoms with Crippen LogP contribution in [0.25, 0.3) is 0 Å². The van der Waals surface area contributed by atoms with Crippen LogP contribution in [-0.2, 0) is 16.1 Å². The molecule has 0 aromatic carbocycles. The first-order valence-electron chi connectivity index (χ1n) is 9.16. The Bertz CT molecular complexity index is 543. The van der Waals surface area contributed by atoms with Gasteiger partial charge in [-0.05, 0) is 24.0 Å². The molecule has 0 radical (unpaired) electrons. The second kappa shape index (κ2) is 13.2. The van der Waals surface area contributed by atoms with E-state index in [0.29, 0.717) is 18.9 Å². The summed E-state index contributed by atoms with van der Waals surface area (Å²) in [7, 11) is 5.61. The van der Waals surface area contributed by atoms with Crippen molar-refractivity contribution in [1.82, 2.24) is 15.2 Å². The van der Waals surface area contributed by atoms with Gasteiger partial charge in [-0.3, -0.25) is 9.69 Å². The quantitative estimate of drug-likeness (QED) is 0.665. The first kappa shape index (κ1) is 25.9. The molecule has 0 spiro atoms. The Kier molecular flexibility index (Phi) is 12.6. The lowest BCUT2D eigenvalue weighted by Gasteiger charge is -2.19. The van der Waals surface area contributed by atoms with Crippen LogP contribution >= 0.6 is 24.8 Å². The summed E-state index contributed by atoms with van der Waals surface area (Å²) in [5.41, 5.74) is 1.22. The number of nitrogens with zero attached hydrogens (tertiary/aromatic N) is 3. The molecule has 8 heteroatoms. The molecule has 6 nitrogen and oxygen atoms in total. The zero-order chi connectivity index (χ0) is 18.2. The van der Waals surface area contributed by atoms with E-state index in [2.05, 4.69) is 34.3 Å². The molecule has 156 valence electrons. The smallest absolute Gasteiger partial charge is 0.222 e. The number of carbonyl (C=O) groups excluding carboxylic acids is 1. The monoisotopic (exact) mass is 420 g/mol. The van der Waals surface area contributed by atoms with Crippen molar-refractivity contribution < 1.29 is 9.53 Å². The van der Waals surface area contributed by atoms with E-state index in [4.69, 9.17) is 4.74 Å². The van der Waals surface area contributed by atoms with Gasteiger partial charge in [-0.15, -0.1) is 24.8 Å². The largest absolute Gasteiger partial charge is 0.384 e. The fraction of sp³-hybridized carbons (Fsp3) is 0.684. The zero-order valence-corrected chi connectivity index (χ0v) is 18.4. The molecule has 0 aliphatic carbocycles. The first-order chi connectivity index (χ1) is 12.0. The van der Waals surface area contributed by atoms with Crippen molar-refractivity contribution in [2.24, 2.45) is 5.92 Å². The molecule has 27 heavy (non-hydrogen) atoms. The van der Waals surface area contributed by atoms with Gasteiger partial charge in [0.25, 0.3) is 0 Å². The predicted octanol–water partition coefficient (Wildman–Crippen LogP) is 2.74. The SMILES string of the molecule is CCC[C@H]1CN(Cc2ccc(N(C)C)nc2)C[C@@H]1NC(=O)CCOC.Cl.Cl. The molecule has 1 aliphatic heterocycles. The third-order valence-corrected chi connectivity index (χ3v) is 4.73. The molecular weight excluding hydrogens is 387 g/mol. The van der Waals surface area contributed by atoms with E-state index in [1.165, 1.54) is 5.56 Å². The van der Waals surface area contributed by atoms with E-state index in [1.807, 2.05) is 25.2 Å². The van der Waals surface area contributed by atoms with Crippen molar-refractivity contribution in [1.29, 1.82) is 0 Å². The molecule has 1 amide bonds. The maximum absolute atomic E-state index is 12.0. The van der Waals surface area contributed by atoms with Gasteiger partial charge in [-0.2, -0.15) is 0 Å². The van der Waals surface area contributed by atoms with Gasteiger partial charge in [0.1, 0.15) is 5.82 Å². The molecule has 0 saturated carbocycles. The minimum absolute atomic E-state index is 0. The summed E-state index contributed by atoms with van der Waals surface area (Å²) in [4.78, 5) is 21.0. The number of ether oxygens (including phenoxy) is 1. The summed E-state index contributed by atoms with van der Waals surface area (Å²) in [5, 5.41) is 3.21. The molecule has 0 bridgehead atoms. The molecule has 1 aromatic rings. The number of aromatic nitrogens is 1. The summed E-state index contributed by atoms with van der Waals surface area (Å²) >= 11 is 0. The van der Waals surface area contributed by atoms with Gasteiger partial charge < -0.3 is 15.0 Å². The zero-order valence-electron chi connectivity index (χ0n) is 16.8. The van der Waals surface area contributed by atoms with Gasteiger partial charge in [0.15, 0.2) is 0 Å². The topological polar surface area (TPSA) is 57.7 Å². The summed E-state index contributed by atoms with van der Waals surface area (Å²) in [6.07, 6.45) is 4.67. The van der Waals surface area contributed by atoms with Crippen LogP contribution in [0, 0.1) is 5.92 Å². The Labute approximate surface area is 175 Å².